The number of hydrogen-bond donors (Lipinski definition) is 27. The zero-order valence-corrected chi connectivity index (χ0v) is 60.3. The molecular formula is C75H54O48. The summed E-state index contributed by atoms with van der Waals surface area (Å²) in [7, 11) is 0. The average molecular weight is 1720 g/mol. The number of carbonyl (C=O) groups is 9. The molecular weight excluding hydrogens is 1670 g/mol. The first-order valence-electron chi connectivity index (χ1n) is 34.1. The zero-order chi connectivity index (χ0) is 89.7. The number of benzene rings is 9. The molecule has 2 saturated heterocycles. The first kappa shape index (κ1) is 83.6. The van der Waals surface area contributed by atoms with Crippen LogP contribution >= 0.6 is 0 Å². The van der Waals surface area contributed by atoms with Gasteiger partial charge in [0.25, 0.3) is 0 Å². The van der Waals surface area contributed by atoms with Crippen LogP contribution in [0.25, 0.3) is 22.3 Å². The van der Waals surface area contributed by atoms with Crippen molar-refractivity contribution < 1.29 is 238 Å². The molecule has 0 unspecified atom stereocenters. The van der Waals surface area contributed by atoms with Crippen LogP contribution < -0.4 is 4.74 Å². The highest BCUT2D eigenvalue weighted by molar-refractivity contribution is 6.10. The highest BCUT2D eigenvalue weighted by Crippen LogP contribution is 2.57. The topological polar surface area (TPSA) is 811 Å². The van der Waals surface area contributed by atoms with Crippen LogP contribution in [0.4, 0.5) is 0 Å². The van der Waals surface area contributed by atoms with Gasteiger partial charge in [0.1, 0.15) is 31.0 Å². The van der Waals surface area contributed by atoms with Crippen LogP contribution in [0.5, 0.6) is 161 Å². The van der Waals surface area contributed by atoms with Gasteiger partial charge in [0.05, 0.1) is 44.5 Å². The molecule has 4 aliphatic rings. The number of phenolic OH excluding ortho intramolecular Hbond substituents is 26. The van der Waals surface area contributed by atoms with E-state index in [1.807, 2.05) is 0 Å². The number of esters is 9. The van der Waals surface area contributed by atoms with Crippen molar-refractivity contribution in [3.63, 3.8) is 0 Å². The van der Waals surface area contributed by atoms with Crippen molar-refractivity contribution in [2.24, 2.45) is 0 Å². The van der Waals surface area contributed by atoms with E-state index >= 15 is 4.79 Å². The number of ether oxygens (including phenoxy) is 12. The van der Waals surface area contributed by atoms with Gasteiger partial charge in [0.15, 0.2) is 158 Å². The molecule has 0 radical (unpaired) electrons. The lowest BCUT2D eigenvalue weighted by Crippen LogP contribution is -2.63. The summed E-state index contributed by atoms with van der Waals surface area (Å²) in [6, 6.07) is 4.53. The molecule has 642 valence electrons. The fourth-order valence-corrected chi connectivity index (χ4v) is 12.9. The maximum Gasteiger partial charge on any atom is 0.342 e. The summed E-state index contributed by atoms with van der Waals surface area (Å²) in [6.45, 7) is -2.90. The number of rotatable bonds is 12. The molecule has 48 nitrogen and oxygen atoms in total. The van der Waals surface area contributed by atoms with Crippen molar-refractivity contribution in [2.45, 2.75) is 61.4 Å². The Hall–Kier alpha value is -17.3. The fourth-order valence-electron chi connectivity index (χ4n) is 12.9. The Kier molecular flexibility index (Phi) is 21.3. The Labute approximate surface area is 676 Å². The van der Waals surface area contributed by atoms with E-state index in [1.54, 1.807) is 0 Å². The highest BCUT2D eigenvalue weighted by Gasteiger charge is 2.57. The molecule has 0 amide bonds. The van der Waals surface area contributed by atoms with Crippen molar-refractivity contribution >= 4 is 53.7 Å². The van der Waals surface area contributed by atoms with Crippen molar-refractivity contribution in [3.8, 4) is 183 Å². The van der Waals surface area contributed by atoms with Gasteiger partial charge >= 0.3 is 53.7 Å². The normalized spacial score (nSPS) is 19.8. The lowest BCUT2D eigenvalue weighted by molar-refractivity contribution is -0.284. The first-order chi connectivity index (χ1) is 57.9. The van der Waals surface area contributed by atoms with E-state index in [-0.39, 0.29) is 24.3 Å². The quantitative estimate of drug-likeness (QED) is 0.0475. The summed E-state index contributed by atoms with van der Waals surface area (Å²) >= 11 is 0. The average Bonchev–Trinajstić information content (AvgIpc) is 1.70. The Bertz CT molecular complexity index is 6000. The number of aromatic hydroxyl groups is 26. The third kappa shape index (κ3) is 14.8. The van der Waals surface area contributed by atoms with E-state index < -0.39 is 362 Å². The van der Waals surface area contributed by atoms with Gasteiger partial charge in [-0.1, -0.05) is 0 Å². The lowest BCUT2D eigenvalue weighted by atomic mass is 9.92. The van der Waals surface area contributed by atoms with Crippen LogP contribution in [0.1, 0.15) is 93.2 Å². The minimum atomic E-state index is -2.96. The molecule has 0 saturated carbocycles. The third-order valence-corrected chi connectivity index (χ3v) is 18.9. The van der Waals surface area contributed by atoms with Gasteiger partial charge in [-0.2, -0.15) is 0 Å². The van der Waals surface area contributed by atoms with Gasteiger partial charge in [0, 0.05) is 28.3 Å². The predicted molar refractivity (Wildman–Crippen MR) is 380 cm³/mol. The van der Waals surface area contributed by atoms with Crippen molar-refractivity contribution in [2.75, 3.05) is 13.2 Å². The van der Waals surface area contributed by atoms with Gasteiger partial charge < -0.3 is 195 Å². The maximum atomic E-state index is 15.0. The molecule has 2 fully saturated rings. The van der Waals surface area contributed by atoms with Gasteiger partial charge in [0.2, 0.25) is 52.6 Å². The summed E-state index contributed by atoms with van der Waals surface area (Å²) in [5.41, 5.74) is -15.3. The second-order valence-electron chi connectivity index (χ2n) is 26.5. The van der Waals surface area contributed by atoms with Crippen LogP contribution in [0.2, 0.25) is 0 Å². The minimum Gasteiger partial charge on any atom is -0.504 e. The van der Waals surface area contributed by atoms with E-state index in [1.165, 1.54) is 0 Å². The standard InChI is InChI=1S/C75H54O48/c76-25-1-16(2-26(77)44(25)88)65(102)119-61-59-38(14-112-69(106)20-9-32(83)48(92)53(97)40(20)42-22(71(108)117-59)11-34(85)50(94)55(42)99)115-74(111)63(61)121-73(110)24-13-36(87)52(96)57(101)58(24)114-37-8-19(7-31(82)47(37)91)68(105)123-75-64(122-67(104)18-5-29(80)46(90)30(81)6-18)62(120-66(103)17-3-27(78)45(89)28(79)4-17)60-39(116-75)15-113-70(107)21-10-33(84)49(93)54(98)41(21)43-23(72(109)118-60)12-35(86)51(95)56(43)100/h1-13,38-39,59-64,74-101,111H,14-15H2/t38-,39-,59-,60-,61+,62+,63-,64-,74-,75+/m1/s1. The Morgan fingerprint density at radius 1 is 0.285 bits per heavy atom. The highest BCUT2D eigenvalue weighted by atomic mass is 16.8. The Morgan fingerprint density at radius 3 is 0.943 bits per heavy atom. The van der Waals surface area contributed by atoms with Gasteiger partial charge in [-0.3, -0.25) is 0 Å². The Morgan fingerprint density at radius 2 is 0.569 bits per heavy atom. The molecule has 0 spiro atoms. The number of phenols is 26. The number of aliphatic hydroxyl groups is 1. The molecule has 0 aromatic heterocycles. The number of hydrogen-bond acceptors (Lipinski definition) is 48. The van der Waals surface area contributed by atoms with Gasteiger partial charge in [-0.05, 0) is 72.8 Å². The van der Waals surface area contributed by atoms with Crippen molar-refractivity contribution in [3.05, 3.63) is 129 Å². The number of fused-ring (bicyclic) bond motifs is 8. The molecule has 123 heavy (non-hydrogen) atoms. The van der Waals surface area contributed by atoms with Crippen molar-refractivity contribution in [1.29, 1.82) is 0 Å². The first-order valence-corrected chi connectivity index (χ1v) is 34.1. The smallest absolute Gasteiger partial charge is 0.342 e. The van der Waals surface area contributed by atoms with Crippen LogP contribution in [-0.4, -0.2) is 266 Å². The lowest BCUT2D eigenvalue weighted by Gasteiger charge is -2.43. The molecule has 9 aromatic rings. The Balaban J connectivity index is 0.896. The minimum absolute atomic E-state index is 0.153. The van der Waals surface area contributed by atoms with Crippen LogP contribution in [0.3, 0.4) is 0 Å². The van der Waals surface area contributed by atoms with Crippen LogP contribution in [-0.2, 0) is 52.1 Å². The summed E-state index contributed by atoms with van der Waals surface area (Å²) in [5, 5.41) is 292. The zero-order valence-electron chi connectivity index (χ0n) is 60.3. The van der Waals surface area contributed by atoms with Crippen LogP contribution in [0, 0.1) is 0 Å². The summed E-state index contributed by atoms with van der Waals surface area (Å²) in [5.74, 6) is -57.5. The van der Waals surface area contributed by atoms with E-state index in [0.717, 1.165) is 0 Å². The van der Waals surface area contributed by atoms with Crippen molar-refractivity contribution in [1.82, 2.24) is 0 Å². The van der Waals surface area contributed by atoms with E-state index in [4.69, 9.17) is 56.8 Å². The monoisotopic (exact) mass is 1720 g/mol. The summed E-state index contributed by atoms with van der Waals surface area (Å²) in [6.07, 6.45) is -27.4. The molecule has 27 N–H and O–H groups in total. The number of carbonyl (C=O) groups excluding carboxylic acids is 9. The van der Waals surface area contributed by atoms with Gasteiger partial charge in [-0.15, -0.1) is 0 Å². The summed E-state index contributed by atoms with van der Waals surface area (Å²) < 4.78 is 67.6. The SMILES string of the molecule is O=C(O[C@@H]1O[C@@H]2COC(=O)c3cc(O)c(O)c(O)c3-c3c(cc(O)c(O)c3O)C(=O)O[C@H]2[C@H](OC(=O)c2cc(O)c(O)c(O)c2)[C@H]1OC(=O)c1cc(O)c(O)c(O)c1)c1cc(O)c(O)c(Oc2c(C(=O)O[C@@H]3[C@@H](OC(=O)c4cc(O)c(O)c(O)c4)[C@@H]4OC(=O)c5cc(O)c(O)c(O)c5-c5c(cc(O)c(O)c5O)C(=O)OC[C@H]4O[C@H]3O)cc(O)c(O)c2O)c1. The van der Waals surface area contributed by atoms with E-state index in [2.05, 4.69) is 0 Å². The molecule has 9 aromatic carbocycles. The van der Waals surface area contributed by atoms with E-state index in [9.17, 15) is 176 Å². The molecule has 10 atom stereocenters. The fraction of sp³-hybridized carbons (Fsp3) is 0.160. The number of cyclic esters (lactones) is 2. The molecule has 4 aliphatic heterocycles. The van der Waals surface area contributed by atoms with Gasteiger partial charge in [-0.25, -0.2) is 43.2 Å². The molecule has 48 heteroatoms. The molecule has 0 aliphatic carbocycles. The van der Waals surface area contributed by atoms with E-state index in [0.29, 0.717) is 54.6 Å². The molecule has 4 heterocycles. The molecule has 13 rings (SSSR count). The number of aliphatic hydroxyl groups excluding tert-OH is 1. The second-order valence-corrected chi connectivity index (χ2v) is 26.5. The largest absolute Gasteiger partial charge is 0.504 e. The predicted octanol–water partition coefficient (Wildman–Crippen LogP) is 2.75. The van der Waals surface area contributed by atoms with Crippen LogP contribution in [0.15, 0.2) is 78.9 Å². The third-order valence-electron chi connectivity index (χ3n) is 18.9. The molecule has 0 bridgehead atoms. The maximum absolute atomic E-state index is 15.0. The second kappa shape index (κ2) is 31.3. The summed E-state index contributed by atoms with van der Waals surface area (Å²) in [4.78, 5) is 131.